The quantitative estimate of drug-likeness (QED) is 0.549. The lowest BCUT2D eigenvalue weighted by atomic mass is 10.1. The van der Waals surface area contributed by atoms with Gasteiger partial charge in [0, 0.05) is 11.1 Å². The predicted octanol–water partition coefficient (Wildman–Crippen LogP) is 3.77. The van der Waals surface area contributed by atoms with Gasteiger partial charge in [-0.15, -0.1) is 0 Å². The van der Waals surface area contributed by atoms with E-state index in [0.717, 1.165) is 6.21 Å². The Morgan fingerprint density at radius 1 is 1.20 bits per heavy atom. The van der Waals surface area contributed by atoms with E-state index in [1.807, 2.05) is 0 Å². The molecule has 1 heterocycles. The van der Waals surface area contributed by atoms with Crippen LogP contribution in [0.5, 0.6) is 0 Å². The van der Waals surface area contributed by atoms with Crippen molar-refractivity contribution in [3.63, 3.8) is 0 Å². The second-order valence-electron chi connectivity index (χ2n) is 5.01. The molecule has 1 aromatic heterocycles. The van der Waals surface area contributed by atoms with Crippen molar-refractivity contribution >= 4 is 23.7 Å². The minimum absolute atomic E-state index is 0.0704. The van der Waals surface area contributed by atoms with Crippen LogP contribution in [0, 0.1) is 11.6 Å². The normalized spacial score (nSPS) is 11.0. The van der Waals surface area contributed by atoms with Crippen molar-refractivity contribution in [3.05, 3.63) is 76.4 Å². The number of hydrazone groups is 1. The summed E-state index contributed by atoms with van der Waals surface area (Å²) >= 11 is 5.86. The maximum absolute atomic E-state index is 13.6. The van der Waals surface area contributed by atoms with E-state index in [2.05, 4.69) is 20.7 Å². The molecule has 0 aliphatic heterocycles. The number of carbonyl (C=O) groups excluding carboxylic acids is 1. The van der Waals surface area contributed by atoms with Gasteiger partial charge in [0.05, 0.1) is 16.9 Å². The Hall–Kier alpha value is -3.06. The molecule has 2 N–H and O–H groups in total. The number of rotatable bonds is 4. The van der Waals surface area contributed by atoms with Gasteiger partial charge in [-0.1, -0.05) is 17.7 Å². The molecule has 1 amide bonds. The third-order valence-corrected chi connectivity index (χ3v) is 3.65. The fourth-order valence-corrected chi connectivity index (χ4v) is 2.27. The minimum atomic E-state index is -0.565. The van der Waals surface area contributed by atoms with E-state index in [0.29, 0.717) is 11.3 Å². The third-order valence-electron chi connectivity index (χ3n) is 3.32. The Morgan fingerprint density at radius 3 is 2.68 bits per heavy atom. The van der Waals surface area contributed by atoms with Crippen molar-refractivity contribution in [1.29, 1.82) is 0 Å². The van der Waals surface area contributed by atoms with Crippen LogP contribution in [0.15, 0.2) is 53.6 Å². The van der Waals surface area contributed by atoms with Crippen molar-refractivity contribution in [2.75, 3.05) is 0 Å². The molecular formula is C17H11ClF2N4O. The van der Waals surface area contributed by atoms with Crippen molar-refractivity contribution < 1.29 is 13.6 Å². The molecule has 25 heavy (non-hydrogen) atoms. The van der Waals surface area contributed by atoms with Crippen molar-refractivity contribution in [2.45, 2.75) is 0 Å². The number of carbonyl (C=O) groups is 1. The zero-order valence-corrected chi connectivity index (χ0v) is 13.4. The highest BCUT2D eigenvalue weighted by atomic mass is 35.5. The Kier molecular flexibility index (Phi) is 4.85. The van der Waals surface area contributed by atoms with Gasteiger partial charge in [0.15, 0.2) is 0 Å². The highest BCUT2D eigenvalue weighted by Crippen LogP contribution is 2.18. The number of benzene rings is 2. The van der Waals surface area contributed by atoms with Gasteiger partial charge in [0.25, 0.3) is 5.91 Å². The number of aromatic amines is 1. The first-order valence-corrected chi connectivity index (χ1v) is 7.51. The lowest BCUT2D eigenvalue weighted by molar-refractivity contribution is 0.0950. The highest BCUT2D eigenvalue weighted by molar-refractivity contribution is 6.33. The summed E-state index contributed by atoms with van der Waals surface area (Å²) in [7, 11) is 0. The molecule has 0 unspecified atom stereocenters. The standard InChI is InChI=1S/C17H11ClF2N4O/c18-13-2-1-3-14(20)12(13)9-21-24-17(25)16-8-15(22-23-16)10-4-6-11(19)7-5-10/h1-9H,(H,22,23)(H,24,25). The topological polar surface area (TPSA) is 70.1 Å². The lowest BCUT2D eigenvalue weighted by Gasteiger charge is -1.99. The molecule has 5 nitrogen and oxygen atoms in total. The molecule has 8 heteroatoms. The van der Waals surface area contributed by atoms with E-state index < -0.39 is 11.7 Å². The van der Waals surface area contributed by atoms with Gasteiger partial charge in [-0.2, -0.15) is 10.2 Å². The first kappa shape index (κ1) is 16.8. The molecule has 0 aliphatic rings. The van der Waals surface area contributed by atoms with Crippen LogP contribution in [0.1, 0.15) is 16.1 Å². The molecule has 0 spiro atoms. The number of hydrogen-bond donors (Lipinski definition) is 2. The molecule has 0 aliphatic carbocycles. The van der Waals surface area contributed by atoms with E-state index >= 15 is 0 Å². The van der Waals surface area contributed by atoms with Gasteiger partial charge in [-0.05, 0) is 42.5 Å². The van der Waals surface area contributed by atoms with Gasteiger partial charge < -0.3 is 0 Å². The Bertz CT molecular complexity index is 918. The molecule has 0 saturated carbocycles. The Morgan fingerprint density at radius 2 is 1.96 bits per heavy atom. The van der Waals surface area contributed by atoms with Crippen LogP contribution in [0.4, 0.5) is 8.78 Å². The van der Waals surface area contributed by atoms with E-state index in [9.17, 15) is 13.6 Å². The summed E-state index contributed by atoms with van der Waals surface area (Å²) in [5, 5.41) is 10.4. The molecule has 0 bridgehead atoms. The minimum Gasteiger partial charge on any atom is -0.272 e. The Balaban J connectivity index is 1.70. The summed E-state index contributed by atoms with van der Waals surface area (Å²) < 4.78 is 26.5. The zero-order chi connectivity index (χ0) is 17.8. The van der Waals surface area contributed by atoms with E-state index in [1.165, 1.54) is 36.4 Å². The number of nitrogens with one attached hydrogen (secondary N) is 2. The van der Waals surface area contributed by atoms with Gasteiger partial charge in [-0.3, -0.25) is 9.89 Å². The van der Waals surface area contributed by atoms with Crippen LogP contribution in [0.2, 0.25) is 5.02 Å². The third kappa shape index (κ3) is 3.89. The summed E-state index contributed by atoms with van der Waals surface area (Å²) in [6.07, 6.45) is 1.12. The summed E-state index contributed by atoms with van der Waals surface area (Å²) in [4.78, 5) is 12.0. The summed E-state index contributed by atoms with van der Waals surface area (Å²) in [6, 6.07) is 11.4. The van der Waals surface area contributed by atoms with Crippen molar-refractivity contribution in [2.24, 2.45) is 5.10 Å². The molecule has 3 rings (SSSR count). The van der Waals surface area contributed by atoms with Crippen LogP contribution in [0.3, 0.4) is 0 Å². The van der Waals surface area contributed by atoms with Crippen LogP contribution in [-0.4, -0.2) is 22.3 Å². The molecular weight excluding hydrogens is 350 g/mol. The number of aromatic nitrogens is 2. The maximum atomic E-state index is 13.6. The van der Waals surface area contributed by atoms with Crippen LogP contribution in [-0.2, 0) is 0 Å². The summed E-state index contributed by atoms with van der Waals surface area (Å²) in [5.41, 5.74) is 3.60. The second-order valence-corrected chi connectivity index (χ2v) is 5.42. The lowest BCUT2D eigenvalue weighted by Crippen LogP contribution is -2.18. The molecule has 2 aromatic carbocycles. The van der Waals surface area contributed by atoms with Crippen LogP contribution >= 0.6 is 11.6 Å². The smallest absolute Gasteiger partial charge is 0.272 e. The molecule has 0 fully saturated rings. The highest BCUT2D eigenvalue weighted by Gasteiger charge is 2.11. The molecule has 3 aromatic rings. The van der Waals surface area contributed by atoms with Gasteiger partial charge in [-0.25, -0.2) is 14.2 Å². The number of nitrogens with zero attached hydrogens (tertiary/aromatic N) is 2. The fourth-order valence-electron chi connectivity index (χ4n) is 2.06. The predicted molar refractivity (Wildman–Crippen MR) is 90.5 cm³/mol. The monoisotopic (exact) mass is 360 g/mol. The number of halogens is 3. The van der Waals surface area contributed by atoms with Crippen LogP contribution < -0.4 is 5.43 Å². The van der Waals surface area contributed by atoms with Gasteiger partial charge in [0.2, 0.25) is 0 Å². The summed E-state index contributed by atoms with van der Waals surface area (Å²) in [6.45, 7) is 0. The molecule has 0 radical (unpaired) electrons. The molecule has 0 atom stereocenters. The average Bonchev–Trinajstić information content (AvgIpc) is 3.08. The van der Waals surface area contributed by atoms with Gasteiger partial charge >= 0.3 is 0 Å². The second kappa shape index (κ2) is 7.23. The van der Waals surface area contributed by atoms with E-state index in [-0.39, 0.29) is 22.1 Å². The molecule has 126 valence electrons. The van der Waals surface area contributed by atoms with Gasteiger partial charge in [0.1, 0.15) is 17.3 Å². The number of H-pyrrole nitrogens is 1. The largest absolute Gasteiger partial charge is 0.289 e. The van der Waals surface area contributed by atoms with Crippen molar-refractivity contribution in [3.8, 4) is 11.3 Å². The summed E-state index contributed by atoms with van der Waals surface area (Å²) in [5.74, 6) is -1.48. The maximum Gasteiger partial charge on any atom is 0.289 e. The van der Waals surface area contributed by atoms with E-state index in [4.69, 9.17) is 11.6 Å². The van der Waals surface area contributed by atoms with Crippen molar-refractivity contribution in [1.82, 2.24) is 15.6 Å². The number of hydrogen-bond acceptors (Lipinski definition) is 3. The fraction of sp³-hybridized carbons (Fsp3) is 0. The SMILES string of the molecule is O=C(NN=Cc1c(F)cccc1Cl)c1cc(-c2ccc(F)cc2)n[nH]1. The average molecular weight is 361 g/mol. The number of amides is 1. The van der Waals surface area contributed by atoms with Crippen LogP contribution in [0.25, 0.3) is 11.3 Å². The van der Waals surface area contributed by atoms with E-state index in [1.54, 1.807) is 12.1 Å². The Labute approximate surface area is 146 Å². The first-order valence-electron chi connectivity index (χ1n) is 7.13. The zero-order valence-electron chi connectivity index (χ0n) is 12.6. The molecule has 0 saturated heterocycles. The first-order chi connectivity index (χ1) is 12.0.